The molecule has 2 unspecified atom stereocenters. The summed E-state index contributed by atoms with van der Waals surface area (Å²) in [6, 6.07) is 0.119. The van der Waals surface area contributed by atoms with Gasteiger partial charge >= 0.3 is 6.03 Å². The molecule has 0 aliphatic carbocycles. The van der Waals surface area contributed by atoms with Gasteiger partial charge in [0.15, 0.2) is 0 Å². The molecule has 116 valence electrons. The van der Waals surface area contributed by atoms with E-state index < -0.39 is 0 Å². The second kappa shape index (κ2) is 8.78. The van der Waals surface area contributed by atoms with Crippen LogP contribution in [0.1, 0.15) is 45.4 Å². The van der Waals surface area contributed by atoms with Crippen LogP contribution in [0.5, 0.6) is 0 Å². The number of carbonyl (C=O) groups is 1. The minimum atomic E-state index is 0.119. The van der Waals surface area contributed by atoms with Crippen molar-refractivity contribution in [3.63, 3.8) is 0 Å². The molecule has 0 saturated carbocycles. The maximum Gasteiger partial charge on any atom is 0.317 e. The lowest BCUT2D eigenvalue weighted by molar-refractivity contribution is 0.0445. The zero-order valence-corrected chi connectivity index (χ0v) is 13.4. The molecule has 0 spiro atoms. The smallest absolute Gasteiger partial charge is 0.317 e. The van der Waals surface area contributed by atoms with Crippen molar-refractivity contribution >= 4 is 17.8 Å². The van der Waals surface area contributed by atoms with Crippen molar-refractivity contribution in [2.24, 2.45) is 0 Å². The van der Waals surface area contributed by atoms with Gasteiger partial charge in [-0.3, -0.25) is 0 Å². The van der Waals surface area contributed by atoms with Crippen molar-refractivity contribution in [2.45, 2.75) is 56.8 Å². The van der Waals surface area contributed by atoms with Gasteiger partial charge in [0.1, 0.15) is 0 Å². The Morgan fingerprint density at radius 3 is 2.95 bits per heavy atom. The fourth-order valence-corrected chi connectivity index (χ4v) is 4.04. The van der Waals surface area contributed by atoms with Crippen LogP contribution in [-0.4, -0.2) is 54.3 Å². The monoisotopic (exact) mass is 300 g/mol. The zero-order chi connectivity index (χ0) is 14.2. The highest BCUT2D eigenvalue weighted by Crippen LogP contribution is 2.25. The fraction of sp³-hybridized carbons (Fsp3) is 0.933. The summed E-state index contributed by atoms with van der Waals surface area (Å²) in [5.41, 5.74) is 0. The van der Waals surface area contributed by atoms with Crippen LogP contribution in [0.3, 0.4) is 0 Å². The lowest BCUT2D eigenvalue weighted by Crippen LogP contribution is -2.42. The highest BCUT2D eigenvalue weighted by Gasteiger charge is 2.22. The summed E-state index contributed by atoms with van der Waals surface area (Å²) in [6.45, 7) is 5.51. The van der Waals surface area contributed by atoms with Gasteiger partial charge in [-0.1, -0.05) is 6.92 Å². The van der Waals surface area contributed by atoms with Gasteiger partial charge in [0.05, 0.1) is 6.10 Å². The lowest BCUT2D eigenvalue weighted by atomic mass is 10.2. The summed E-state index contributed by atoms with van der Waals surface area (Å²) >= 11 is 1.99. The Balaban J connectivity index is 1.67. The van der Waals surface area contributed by atoms with Crippen molar-refractivity contribution < 1.29 is 9.53 Å². The number of rotatable bonds is 5. The maximum absolute atomic E-state index is 12.2. The van der Waals surface area contributed by atoms with Crippen molar-refractivity contribution in [3.05, 3.63) is 0 Å². The molecule has 0 radical (unpaired) electrons. The molecule has 2 aliphatic rings. The van der Waals surface area contributed by atoms with Crippen molar-refractivity contribution in [3.8, 4) is 0 Å². The van der Waals surface area contributed by atoms with Crippen LogP contribution < -0.4 is 5.32 Å². The molecule has 2 saturated heterocycles. The molecule has 4 nitrogen and oxygen atoms in total. The number of nitrogens with one attached hydrogen (secondary N) is 1. The van der Waals surface area contributed by atoms with Gasteiger partial charge in [-0.05, 0) is 44.3 Å². The molecule has 2 atom stereocenters. The van der Waals surface area contributed by atoms with Crippen molar-refractivity contribution in [1.82, 2.24) is 10.2 Å². The highest BCUT2D eigenvalue weighted by atomic mass is 32.2. The lowest BCUT2D eigenvalue weighted by Gasteiger charge is -2.22. The zero-order valence-electron chi connectivity index (χ0n) is 12.6. The summed E-state index contributed by atoms with van der Waals surface area (Å²) in [7, 11) is 0. The topological polar surface area (TPSA) is 41.6 Å². The van der Waals surface area contributed by atoms with Gasteiger partial charge in [-0.15, -0.1) is 0 Å². The van der Waals surface area contributed by atoms with E-state index in [0.29, 0.717) is 11.4 Å². The largest absolute Gasteiger partial charge is 0.378 e. The molecule has 2 aliphatic heterocycles. The van der Waals surface area contributed by atoms with E-state index in [1.165, 1.54) is 18.6 Å². The molecule has 1 N–H and O–H groups in total. The van der Waals surface area contributed by atoms with E-state index in [2.05, 4.69) is 12.2 Å². The Labute approximate surface area is 127 Å². The first-order valence-corrected chi connectivity index (χ1v) is 9.10. The molecule has 5 heteroatoms. The Morgan fingerprint density at radius 1 is 1.30 bits per heavy atom. The molecule has 0 aromatic heterocycles. The third-order valence-corrected chi connectivity index (χ3v) is 5.42. The summed E-state index contributed by atoms with van der Waals surface area (Å²) < 4.78 is 5.82. The average molecular weight is 300 g/mol. The van der Waals surface area contributed by atoms with Crippen LogP contribution in [0.15, 0.2) is 0 Å². The number of hydrogen-bond donors (Lipinski definition) is 1. The second-order valence-electron chi connectivity index (χ2n) is 5.73. The Kier molecular flexibility index (Phi) is 7.00. The van der Waals surface area contributed by atoms with Crippen molar-refractivity contribution in [2.75, 3.05) is 32.0 Å². The summed E-state index contributed by atoms with van der Waals surface area (Å²) in [6.07, 6.45) is 7.08. The quantitative estimate of drug-likeness (QED) is 0.849. The van der Waals surface area contributed by atoms with Crippen LogP contribution in [0.4, 0.5) is 4.79 Å². The highest BCUT2D eigenvalue weighted by molar-refractivity contribution is 8.00. The molecule has 0 aromatic rings. The third kappa shape index (κ3) is 5.17. The third-order valence-electron chi connectivity index (χ3n) is 4.02. The Morgan fingerprint density at radius 2 is 2.20 bits per heavy atom. The molecular weight excluding hydrogens is 272 g/mol. The van der Waals surface area contributed by atoms with Crippen molar-refractivity contribution in [1.29, 1.82) is 0 Å². The van der Waals surface area contributed by atoms with Crippen LogP contribution in [0, 0.1) is 0 Å². The van der Waals surface area contributed by atoms with Crippen LogP contribution in [0.2, 0.25) is 0 Å². The van der Waals surface area contributed by atoms with Gasteiger partial charge in [0.25, 0.3) is 0 Å². The second-order valence-corrected chi connectivity index (χ2v) is 7.14. The minimum Gasteiger partial charge on any atom is -0.378 e. The van der Waals surface area contributed by atoms with Crippen LogP contribution >= 0.6 is 11.8 Å². The van der Waals surface area contributed by atoms with Gasteiger partial charge < -0.3 is 15.0 Å². The molecule has 20 heavy (non-hydrogen) atoms. The Bertz CT molecular complexity index is 296. The van der Waals surface area contributed by atoms with E-state index in [9.17, 15) is 4.79 Å². The van der Waals surface area contributed by atoms with E-state index in [4.69, 9.17) is 4.74 Å². The number of ether oxygens (including phenoxy) is 1. The number of likely N-dealkylation sites (tertiary alicyclic amines) is 1. The number of urea groups is 1. The number of hydrogen-bond acceptors (Lipinski definition) is 3. The van der Waals surface area contributed by atoms with Gasteiger partial charge in [-0.25, -0.2) is 4.79 Å². The van der Waals surface area contributed by atoms with Gasteiger partial charge in [-0.2, -0.15) is 11.8 Å². The summed E-state index contributed by atoms with van der Waals surface area (Å²) in [5.74, 6) is 1.25. The van der Waals surface area contributed by atoms with E-state index >= 15 is 0 Å². The Hall–Kier alpha value is -0.420. The molecular formula is C15H28N2O2S. The van der Waals surface area contributed by atoms with E-state index in [0.717, 1.165) is 51.9 Å². The SMILES string of the molecule is CCCOC1CCCN(C(=O)NCC2CCCS2)CC1. The first kappa shape index (κ1) is 16.0. The maximum atomic E-state index is 12.2. The average Bonchev–Trinajstić information content (AvgIpc) is 2.87. The van der Waals surface area contributed by atoms with E-state index in [1.54, 1.807) is 0 Å². The molecule has 2 amide bonds. The first-order valence-electron chi connectivity index (χ1n) is 8.05. The summed E-state index contributed by atoms with van der Waals surface area (Å²) in [5, 5.41) is 3.74. The molecule has 0 bridgehead atoms. The van der Waals surface area contributed by atoms with E-state index in [1.807, 2.05) is 16.7 Å². The standard InChI is InChI=1S/C15H28N2O2S/c1-2-10-19-13-5-3-8-17(9-7-13)15(18)16-12-14-6-4-11-20-14/h13-14H,2-12H2,1H3,(H,16,18). The van der Waals surface area contributed by atoms with Crippen LogP contribution in [-0.2, 0) is 4.74 Å². The number of nitrogens with zero attached hydrogens (tertiary/aromatic N) is 1. The molecule has 2 fully saturated rings. The predicted molar refractivity (Wildman–Crippen MR) is 84.3 cm³/mol. The van der Waals surface area contributed by atoms with Crippen LogP contribution in [0.25, 0.3) is 0 Å². The first-order chi connectivity index (χ1) is 9.79. The predicted octanol–water partition coefficient (Wildman–Crippen LogP) is 2.87. The summed E-state index contributed by atoms with van der Waals surface area (Å²) in [4.78, 5) is 14.2. The molecule has 2 heterocycles. The molecule has 2 rings (SSSR count). The van der Waals surface area contributed by atoms with Gasteiger partial charge in [0, 0.05) is 31.5 Å². The normalized spacial score (nSPS) is 27.4. The van der Waals surface area contributed by atoms with E-state index in [-0.39, 0.29) is 6.03 Å². The number of thioether (sulfide) groups is 1. The minimum absolute atomic E-state index is 0.119. The van der Waals surface area contributed by atoms with Gasteiger partial charge in [0.2, 0.25) is 0 Å². The number of carbonyl (C=O) groups excluding carboxylic acids is 1. The number of amides is 2. The molecule has 0 aromatic carbocycles. The fourth-order valence-electron chi connectivity index (χ4n) is 2.84.